The van der Waals surface area contributed by atoms with Crippen LogP contribution < -0.4 is 4.90 Å². The molecule has 0 N–H and O–H groups in total. The van der Waals surface area contributed by atoms with E-state index in [9.17, 15) is 0 Å². The van der Waals surface area contributed by atoms with Gasteiger partial charge >= 0.3 is 0 Å². The normalized spacial score (nSPS) is 14.8. The Morgan fingerprint density at radius 3 is 1.57 bits per heavy atom. The maximum Gasteiger partial charge on any atom is 0.212 e. The van der Waals surface area contributed by atoms with Gasteiger partial charge in [-0.3, -0.25) is 0 Å². The Morgan fingerprint density at radius 1 is 0.633 bits per heavy atom. The SMILES string of the molecule is C=C(/C=C/C1=[N+](C)c2c(C)c(C)c3c(C)c(C)c(C)c(C)c3c2C1)CC.C=C/C=C1\Cc2c(c(C)c(C)c3c(C)c(C)c(C)c(C)c23)N1C. The van der Waals surface area contributed by atoms with Crippen LogP contribution >= 0.6 is 0 Å². The first-order chi connectivity index (χ1) is 23.0. The summed E-state index contributed by atoms with van der Waals surface area (Å²) in [4.78, 5) is 2.35. The summed E-state index contributed by atoms with van der Waals surface area (Å²) in [5.74, 6) is 0. The summed E-state index contributed by atoms with van der Waals surface area (Å²) in [5.41, 5.74) is 26.8. The quantitative estimate of drug-likeness (QED) is 0.157. The van der Waals surface area contributed by atoms with E-state index in [4.69, 9.17) is 0 Å². The van der Waals surface area contributed by atoms with Crippen molar-refractivity contribution in [2.45, 2.75) is 109 Å². The maximum absolute atomic E-state index is 4.12. The molecule has 2 aliphatic rings. The van der Waals surface area contributed by atoms with Gasteiger partial charge in [0.2, 0.25) is 5.69 Å². The van der Waals surface area contributed by atoms with Gasteiger partial charge in [0, 0.05) is 42.1 Å². The molecule has 0 spiro atoms. The van der Waals surface area contributed by atoms with Crippen LogP contribution in [0.1, 0.15) is 91.2 Å². The number of benzene rings is 4. The third-order valence-electron chi connectivity index (χ3n) is 12.7. The largest absolute Gasteiger partial charge is 0.347 e. The summed E-state index contributed by atoms with van der Waals surface area (Å²) >= 11 is 0. The molecule has 0 unspecified atom stereocenters. The number of hydrogen-bond donors (Lipinski definition) is 0. The zero-order valence-electron chi connectivity index (χ0n) is 33.2. The summed E-state index contributed by atoms with van der Waals surface area (Å²) in [6.45, 7) is 37.5. The lowest BCUT2D eigenvalue weighted by Crippen LogP contribution is -2.12. The molecule has 2 heterocycles. The molecule has 0 saturated heterocycles. The minimum absolute atomic E-state index is 0.998. The Kier molecular flexibility index (Phi) is 9.78. The molecule has 4 aromatic rings. The molecule has 0 aromatic heterocycles. The number of rotatable bonds is 4. The number of hydrogen-bond acceptors (Lipinski definition) is 1. The van der Waals surface area contributed by atoms with Gasteiger partial charge in [-0.2, -0.15) is 4.58 Å². The van der Waals surface area contributed by atoms with E-state index >= 15 is 0 Å². The van der Waals surface area contributed by atoms with Crippen molar-refractivity contribution in [2.24, 2.45) is 0 Å². The average Bonchev–Trinajstić information content (AvgIpc) is 3.58. The summed E-state index contributed by atoms with van der Waals surface area (Å²) < 4.78 is 2.39. The summed E-state index contributed by atoms with van der Waals surface area (Å²) in [6.07, 6.45) is 11.5. The van der Waals surface area contributed by atoms with Crippen molar-refractivity contribution in [1.29, 1.82) is 0 Å². The van der Waals surface area contributed by atoms with Crippen LogP contribution in [-0.4, -0.2) is 24.4 Å². The van der Waals surface area contributed by atoms with Crippen molar-refractivity contribution in [3.05, 3.63) is 127 Å². The van der Waals surface area contributed by atoms with Crippen LogP contribution in [0.25, 0.3) is 21.5 Å². The van der Waals surface area contributed by atoms with E-state index in [0.717, 1.165) is 19.3 Å². The van der Waals surface area contributed by atoms with E-state index < -0.39 is 0 Å². The fourth-order valence-electron chi connectivity index (χ4n) is 8.68. The molecule has 2 nitrogen and oxygen atoms in total. The lowest BCUT2D eigenvalue weighted by Gasteiger charge is -2.23. The molecular weight excluding hydrogens is 593 g/mol. The number of aryl methyl sites for hydroxylation is 6. The Hall–Kier alpha value is -4.17. The van der Waals surface area contributed by atoms with E-state index in [1.54, 1.807) is 0 Å². The first-order valence-electron chi connectivity index (χ1n) is 18.1. The number of nitrogens with zero attached hydrogens (tertiary/aromatic N) is 2. The van der Waals surface area contributed by atoms with Gasteiger partial charge in [-0.15, -0.1) is 0 Å². The highest BCUT2D eigenvalue weighted by atomic mass is 15.1. The molecule has 256 valence electrons. The standard InChI is InChI=1S/C25H32N.C22H27N/c1-10-14(2)11-12-21-13-22-24-18(6)16(4)15(3)17(5)23(24)19(7)20(8)25(22)26(21)9;1-9-10-18-11-19-21-15(5)13(3)12(2)14(4)20(21)16(6)17(7)22(19)23(18)8/h11-12H,2,10,13H2,1,3-9H3;9-10H,1,11H2,2-8H3/q+1;/b12-11+;18-10+. The molecule has 0 radical (unpaired) electrons. The van der Waals surface area contributed by atoms with E-state index in [0.29, 0.717) is 0 Å². The second-order valence-electron chi connectivity index (χ2n) is 14.9. The van der Waals surface area contributed by atoms with Crippen molar-refractivity contribution < 1.29 is 4.58 Å². The van der Waals surface area contributed by atoms with Crippen LogP contribution in [0.3, 0.4) is 0 Å². The average molecular weight is 652 g/mol. The zero-order valence-corrected chi connectivity index (χ0v) is 33.2. The topological polar surface area (TPSA) is 6.25 Å². The lowest BCUT2D eigenvalue weighted by atomic mass is 9.84. The number of allylic oxidation sites excluding steroid dienone is 6. The van der Waals surface area contributed by atoms with Gasteiger partial charge in [0.25, 0.3) is 0 Å². The van der Waals surface area contributed by atoms with E-state index in [-0.39, 0.29) is 0 Å². The molecule has 2 aliphatic heterocycles. The first kappa shape index (κ1) is 36.1. The van der Waals surface area contributed by atoms with Gasteiger partial charge in [0.1, 0.15) is 7.05 Å². The highest BCUT2D eigenvalue weighted by Crippen LogP contribution is 2.46. The van der Waals surface area contributed by atoms with Crippen molar-refractivity contribution in [1.82, 2.24) is 0 Å². The molecule has 2 heteroatoms. The van der Waals surface area contributed by atoms with Crippen LogP contribution in [0, 0.1) is 83.1 Å². The Labute approximate surface area is 297 Å². The first-order valence-corrected chi connectivity index (χ1v) is 18.1. The minimum atomic E-state index is 0.998. The molecule has 0 bridgehead atoms. The second-order valence-corrected chi connectivity index (χ2v) is 14.9. The molecule has 4 aromatic carbocycles. The lowest BCUT2D eigenvalue weighted by molar-refractivity contribution is -0.401. The van der Waals surface area contributed by atoms with Gasteiger partial charge in [0.15, 0.2) is 5.71 Å². The molecular formula is C47H59N2+. The number of anilines is 1. The summed E-state index contributed by atoms with van der Waals surface area (Å²) in [7, 11) is 4.39. The maximum atomic E-state index is 4.12. The predicted octanol–water partition coefficient (Wildman–Crippen LogP) is 12.2. The molecule has 0 saturated carbocycles. The molecule has 0 atom stereocenters. The van der Waals surface area contributed by atoms with E-state index in [1.165, 1.54) is 128 Å². The highest BCUT2D eigenvalue weighted by Gasteiger charge is 2.33. The fraction of sp³-hybridized carbons (Fsp3) is 0.383. The predicted molar refractivity (Wildman–Crippen MR) is 218 cm³/mol. The van der Waals surface area contributed by atoms with Gasteiger partial charge in [-0.25, -0.2) is 0 Å². The second kappa shape index (κ2) is 13.3. The molecule has 49 heavy (non-hydrogen) atoms. The highest BCUT2D eigenvalue weighted by molar-refractivity contribution is 6.06. The van der Waals surface area contributed by atoms with Crippen molar-refractivity contribution in [3.8, 4) is 0 Å². The van der Waals surface area contributed by atoms with Crippen molar-refractivity contribution in [3.63, 3.8) is 0 Å². The summed E-state index contributed by atoms with van der Waals surface area (Å²) in [5, 5.41) is 5.89. The zero-order chi connectivity index (χ0) is 36.4. The monoisotopic (exact) mass is 651 g/mol. The minimum Gasteiger partial charge on any atom is -0.347 e. The number of fused-ring (bicyclic) bond motifs is 6. The van der Waals surface area contributed by atoms with Gasteiger partial charge in [-0.05, 0) is 184 Å². The molecule has 0 aliphatic carbocycles. The Balaban J connectivity index is 0.000000192. The Bertz CT molecular complexity index is 2210. The van der Waals surface area contributed by atoms with Crippen molar-refractivity contribution >= 4 is 38.6 Å². The third kappa shape index (κ3) is 5.52. The van der Waals surface area contributed by atoms with Crippen LogP contribution in [0.5, 0.6) is 0 Å². The van der Waals surface area contributed by atoms with Crippen LogP contribution in [0.4, 0.5) is 11.4 Å². The fourth-order valence-corrected chi connectivity index (χ4v) is 8.68. The third-order valence-corrected chi connectivity index (χ3v) is 12.7. The van der Waals surface area contributed by atoms with Gasteiger partial charge < -0.3 is 4.90 Å². The Morgan fingerprint density at radius 2 is 1.08 bits per heavy atom. The van der Waals surface area contributed by atoms with Crippen LogP contribution in [-0.2, 0) is 12.8 Å². The molecule has 0 amide bonds. The molecule has 0 fully saturated rings. The smallest absolute Gasteiger partial charge is 0.212 e. The van der Waals surface area contributed by atoms with Gasteiger partial charge in [-0.1, -0.05) is 37.8 Å². The van der Waals surface area contributed by atoms with E-state index in [2.05, 4.69) is 145 Å². The summed E-state index contributed by atoms with van der Waals surface area (Å²) in [6, 6.07) is 0. The van der Waals surface area contributed by atoms with Crippen LogP contribution in [0.15, 0.2) is 48.7 Å². The van der Waals surface area contributed by atoms with E-state index in [1.807, 2.05) is 6.08 Å². The van der Waals surface area contributed by atoms with Gasteiger partial charge in [0.05, 0.1) is 6.42 Å². The van der Waals surface area contributed by atoms with Crippen molar-refractivity contribution in [2.75, 3.05) is 19.0 Å². The van der Waals surface area contributed by atoms with Crippen LogP contribution in [0.2, 0.25) is 0 Å². The molecule has 6 rings (SSSR count). The number of likely N-dealkylation sites (N-methyl/N-ethyl adjacent to an activating group) is 1.